The standard InChI is InChI=1S/C34H30F2N4O6S/c1-17-28(21-13-20(18(2)39-42)14-22(15-21)34-38-31-24(36)7-6-8-26(31)46-34)25(40(4)47(5,43)44)16-27-29(17)30(33(41)37-3)32(45-27)19-9-11-23(35)12-10-19/h6-17,29,42H,1-5H3,(H,37,41)/b39-18-/t17-,29?/m0/s1. The average molecular weight is 661 g/mol. The molecule has 0 fully saturated rings. The molecular weight excluding hydrogens is 630 g/mol. The van der Waals surface area contributed by atoms with Crippen molar-refractivity contribution in [3.8, 4) is 11.5 Å². The van der Waals surface area contributed by atoms with Crippen LogP contribution in [0.1, 0.15) is 30.5 Å². The van der Waals surface area contributed by atoms with E-state index in [-0.39, 0.29) is 39.7 Å². The molecule has 10 nitrogen and oxygen atoms in total. The highest BCUT2D eigenvalue weighted by Crippen LogP contribution is 2.52. The fraction of sp³-hybridized carbons (Fsp3) is 0.206. The van der Waals surface area contributed by atoms with Crippen LogP contribution in [0.25, 0.3) is 33.9 Å². The van der Waals surface area contributed by atoms with E-state index in [9.17, 15) is 27.2 Å². The van der Waals surface area contributed by atoms with Gasteiger partial charge in [-0.2, -0.15) is 0 Å². The minimum absolute atomic E-state index is 0.0362. The van der Waals surface area contributed by atoms with Gasteiger partial charge in [0.25, 0.3) is 5.91 Å². The van der Waals surface area contributed by atoms with Gasteiger partial charge in [-0.25, -0.2) is 22.2 Å². The van der Waals surface area contributed by atoms with Crippen LogP contribution in [-0.4, -0.2) is 54.9 Å². The predicted octanol–water partition coefficient (Wildman–Crippen LogP) is 5.91. The molecule has 1 aliphatic carbocycles. The van der Waals surface area contributed by atoms with Crippen molar-refractivity contribution in [1.82, 2.24) is 14.6 Å². The number of hydrogen-bond acceptors (Lipinski definition) is 8. The van der Waals surface area contributed by atoms with Crippen molar-refractivity contribution in [2.24, 2.45) is 17.0 Å². The van der Waals surface area contributed by atoms with E-state index in [0.717, 1.165) is 10.6 Å². The highest BCUT2D eigenvalue weighted by Gasteiger charge is 2.45. The van der Waals surface area contributed by atoms with Crippen LogP contribution < -0.4 is 5.32 Å². The Labute approximate surface area is 269 Å². The van der Waals surface area contributed by atoms with Gasteiger partial charge in [0.15, 0.2) is 11.4 Å². The second-order valence-corrected chi connectivity index (χ2v) is 13.4. The summed E-state index contributed by atoms with van der Waals surface area (Å²) in [6.45, 7) is 3.43. The summed E-state index contributed by atoms with van der Waals surface area (Å²) in [5, 5.41) is 15.7. The summed E-state index contributed by atoms with van der Waals surface area (Å²) in [6.07, 6.45) is 2.65. The second kappa shape index (κ2) is 11.8. The van der Waals surface area contributed by atoms with Crippen LogP contribution >= 0.6 is 0 Å². The van der Waals surface area contributed by atoms with E-state index in [1.165, 1.54) is 50.5 Å². The fourth-order valence-corrected chi connectivity index (χ4v) is 6.51. The number of oxazole rings is 1. The van der Waals surface area contributed by atoms with Crippen LogP contribution in [0.5, 0.6) is 0 Å². The van der Waals surface area contributed by atoms with Crippen molar-refractivity contribution in [1.29, 1.82) is 0 Å². The molecule has 2 heterocycles. The maximum Gasteiger partial charge on any atom is 0.251 e. The first kappa shape index (κ1) is 31.7. The largest absolute Gasteiger partial charge is 0.460 e. The van der Waals surface area contributed by atoms with Gasteiger partial charge < -0.3 is 19.7 Å². The fourth-order valence-electron chi connectivity index (χ4n) is 6.00. The van der Waals surface area contributed by atoms with Gasteiger partial charge in [0.05, 0.1) is 29.2 Å². The van der Waals surface area contributed by atoms with Gasteiger partial charge in [-0.1, -0.05) is 18.1 Å². The van der Waals surface area contributed by atoms with Gasteiger partial charge in [0.1, 0.15) is 22.9 Å². The number of sulfonamides is 1. The van der Waals surface area contributed by atoms with Gasteiger partial charge in [-0.15, -0.1) is 0 Å². The minimum Gasteiger partial charge on any atom is -0.460 e. The Morgan fingerprint density at radius 2 is 1.77 bits per heavy atom. The monoisotopic (exact) mass is 660 g/mol. The lowest BCUT2D eigenvalue weighted by molar-refractivity contribution is -0.117. The van der Waals surface area contributed by atoms with Crippen molar-refractivity contribution in [2.75, 3.05) is 20.4 Å². The van der Waals surface area contributed by atoms with E-state index in [4.69, 9.17) is 9.15 Å². The Balaban J connectivity index is 1.60. The first-order chi connectivity index (χ1) is 22.3. The number of para-hydroxylation sites is 1. The number of ether oxygens (including phenoxy) is 1. The first-order valence-electron chi connectivity index (χ1n) is 14.5. The van der Waals surface area contributed by atoms with E-state index in [0.29, 0.717) is 33.6 Å². The summed E-state index contributed by atoms with van der Waals surface area (Å²) in [5.41, 5.74) is 3.41. The lowest BCUT2D eigenvalue weighted by Crippen LogP contribution is -2.33. The van der Waals surface area contributed by atoms with E-state index in [2.05, 4.69) is 15.5 Å². The van der Waals surface area contributed by atoms with Gasteiger partial charge in [0, 0.05) is 36.9 Å². The lowest BCUT2D eigenvalue weighted by Gasteiger charge is -2.33. The van der Waals surface area contributed by atoms with E-state index < -0.39 is 39.4 Å². The van der Waals surface area contributed by atoms with Crippen molar-refractivity contribution in [3.63, 3.8) is 0 Å². The van der Waals surface area contributed by atoms with E-state index in [1.54, 1.807) is 37.3 Å². The van der Waals surface area contributed by atoms with Crippen molar-refractivity contribution in [3.05, 3.63) is 112 Å². The number of nitrogens with zero attached hydrogens (tertiary/aromatic N) is 3. The Hall–Kier alpha value is -5.30. The number of oxime groups is 1. The number of likely N-dealkylation sites (N-methyl/N-ethyl adjacent to an activating group) is 2. The number of carbonyl (C=O) groups is 1. The van der Waals surface area contributed by atoms with Gasteiger partial charge in [0.2, 0.25) is 15.9 Å². The molecule has 6 rings (SSSR count). The molecule has 242 valence electrons. The van der Waals surface area contributed by atoms with Crippen LogP contribution in [0.3, 0.4) is 0 Å². The number of amides is 1. The average Bonchev–Trinajstić information content (AvgIpc) is 3.67. The van der Waals surface area contributed by atoms with Gasteiger partial charge in [-0.3, -0.25) is 9.10 Å². The Morgan fingerprint density at radius 1 is 1.06 bits per heavy atom. The molecule has 47 heavy (non-hydrogen) atoms. The summed E-state index contributed by atoms with van der Waals surface area (Å²) < 4.78 is 67.7. The van der Waals surface area contributed by atoms with Crippen LogP contribution in [0.4, 0.5) is 8.78 Å². The molecule has 2 aliphatic rings. The lowest BCUT2D eigenvalue weighted by atomic mass is 9.74. The SMILES string of the molecule is CNC(=O)C1=C(c2ccc(F)cc2)OC2=CC(N(C)S(C)(=O)=O)=C(c3cc(/C(C)=N\O)cc(-c4nc5c(F)cccc5o4)c3)[C@H](C)C21. The summed E-state index contributed by atoms with van der Waals surface area (Å²) in [6, 6.07) is 15.0. The topological polar surface area (TPSA) is 134 Å². The third-order valence-electron chi connectivity index (χ3n) is 8.44. The maximum absolute atomic E-state index is 14.6. The molecule has 1 amide bonds. The van der Waals surface area contributed by atoms with Gasteiger partial charge in [-0.05, 0) is 78.6 Å². The number of aromatic nitrogens is 1. The molecule has 0 saturated heterocycles. The van der Waals surface area contributed by atoms with Gasteiger partial charge >= 0.3 is 0 Å². The van der Waals surface area contributed by atoms with E-state index in [1.807, 2.05) is 6.92 Å². The van der Waals surface area contributed by atoms with Crippen LogP contribution in [-0.2, 0) is 19.6 Å². The van der Waals surface area contributed by atoms with Crippen molar-refractivity contribution < 1.29 is 36.4 Å². The highest BCUT2D eigenvalue weighted by molar-refractivity contribution is 7.88. The first-order valence-corrected chi connectivity index (χ1v) is 16.4. The molecule has 0 radical (unpaired) electrons. The zero-order valence-corrected chi connectivity index (χ0v) is 26.8. The summed E-state index contributed by atoms with van der Waals surface area (Å²) in [5.74, 6) is -2.04. The number of rotatable bonds is 7. The molecule has 1 unspecified atom stereocenters. The van der Waals surface area contributed by atoms with Crippen LogP contribution in [0.2, 0.25) is 0 Å². The third-order valence-corrected chi connectivity index (χ3v) is 9.63. The molecule has 0 saturated carbocycles. The summed E-state index contributed by atoms with van der Waals surface area (Å²) >= 11 is 0. The number of hydrogen-bond donors (Lipinski definition) is 2. The zero-order chi connectivity index (χ0) is 33.8. The molecule has 0 spiro atoms. The molecule has 3 aromatic carbocycles. The number of allylic oxidation sites excluding steroid dienone is 3. The summed E-state index contributed by atoms with van der Waals surface area (Å²) in [7, 11) is -0.914. The molecular formula is C34H30F2N4O6S. The molecule has 2 atom stereocenters. The summed E-state index contributed by atoms with van der Waals surface area (Å²) in [4.78, 5) is 17.8. The Kier molecular flexibility index (Phi) is 7.96. The number of halogens is 2. The van der Waals surface area contributed by atoms with Crippen molar-refractivity contribution in [2.45, 2.75) is 13.8 Å². The van der Waals surface area contributed by atoms with Crippen molar-refractivity contribution >= 4 is 44.1 Å². The third kappa shape index (κ3) is 5.56. The number of nitrogens with one attached hydrogen (secondary N) is 1. The highest BCUT2D eigenvalue weighted by atomic mass is 32.2. The molecule has 13 heteroatoms. The zero-order valence-electron chi connectivity index (χ0n) is 26.0. The molecule has 1 aliphatic heterocycles. The van der Waals surface area contributed by atoms with Crippen LogP contribution in [0.15, 0.2) is 93.3 Å². The maximum atomic E-state index is 14.6. The quantitative estimate of drug-likeness (QED) is 0.143. The molecule has 1 aromatic heterocycles. The smallest absolute Gasteiger partial charge is 0.251 e. The number of fused-ring (bicyclic) bond motifs is 2. The molecule has 4 aromatic rings. The predicted molar refractivity (Wildman–Crippen MR) is 172 cm³/mol. The normalized spacial score (nSPS) is 18.3. The van der Waals surface area contributed by atoms with E-state index >= 15 is 0 Å². The number of carbonyl (C=O) groups excluding carboxylic acids is 1. The second-order valence-electron chi connectivity index (χ2n) is 11.4. The number of benzene rings is 3. The Morgan fingerprint density at radius 3 is 2.40 bits per heavy atom. The Bertz CT molecular complexity index is 2190. The molecule has 2 N–H and O–H groups in total. The van der Waals surface area contributed by atoms with Crippen LogP contribution in [0, 0.1) is 23.5 Å². The minimum atomic E-state index is -3.81. The molecule has 0 bridgehead atoms.